The lowest BCUT2D eigenvalue weighted by molar-refractivity contribution is -0.142. The predicted octanol–water partition coefficient (Wildman–Crippen LogP) is 9.78. The van der Waals surface area contributed by atoms with Gasteiger partial charge in [0, 0.05) is 37.3 Å². The van der Waals surface area contributed by atoms with Crippen LogP contribution in [0.25, 0.3) is 21.9 Å². The number of carbonyl (C=O) groups excluding carboxylic acids is 2. The van der Waals surface area contributed by atoms with E-state index >= 15 is 0 Å². The van der Waals surface area contributed by atoms with Crippen molar-refractivity contribution in [2.24, 2.45) is 4.99 Å². The number of fused-ring (bicyclic) bond motifs is 2. The van der Waals surface area contributed by atoms with Crippen molar-refractivity contribution in [2.45, 2.75) is 99.8 Å². The van der Waals surface area contributed by atoms with E-state index in [0.29, 0.717) is 81.3 Å². The molecule has 0 saturated carbocycles. The van der Waals surface area contributed by atoms with Crippen molar-refractivity contribution in [3.05, 3.63) is 46.8 Å². The molecule has 0 spiro atoms. The molecule has 0 aliphatic heterocycles. The first-order chi connectivity index (χ1) is 26.7. The van der Waals surface area contributed by atoms with Gasteiger partial charge < -0.3 is 34.1 Å². The van der Waals surface area contributed by atoms with Crippen molar-refractivity contribution < 1.29 is 54.5 Å². The number of hydrogen-bond acceptors (Lipinski definition) is 10. The maximum atomic E-state index is 13.1. The van der Waals surface area contributed by atoms with Crippen LogP contribution in [-0.2, 0) is 30.0 Å². The number of halogens is 6. The van der Waals surface area contributed by atoms with Crippen molar-refractivity contribution in [1.82, 2.24) is 25.8 Å². The summed E-state index contributed by atoms with van der Waals surface area (Å²) in [6.45, 7) is 16.2. The van der Waals surface area contributed by atoms with E-state index in [4.69, 9.17) is 23.3 Å². The molecule has 2 heterocycles. The van der Waals surface area contributed by atoms with Crippen LogP contribution in [-0.4, -0.2) is 79.8 Å². The van der Waals surface area contributed by atoms with Gasteiger partial charge in [-0.1, -0.05) is 51.4 Å². The monoisotopic (exact) mass is 818 g/mol. The Balaban J connectivity index is 0.000000508. The van der Waals surface area contributed by atoms with Crippen LogP contribution in [0.4, 0.5) is 31.1 Å². The minimum absolute atomic E-state index is 0. The number of rotatable bonds is 18. The van der Waals surface area contributed by atoms with Crippen molar-refractivity contribution in [3.8, 4) is 11.5 Å². The number of alkyl halides is 6. The number of nitrogens with one attached hydrogen (secondary N) is 2. The van der Waals surface area contributed by atoms with E-state index in [9.17, 15) is 31.1 Å². The SMILES string of the molecule is C.CCCc1c(OCCCN(CC)C(=O)NCC)ccc2c(C(F)(F)F)noc12.CCCc1c(OCCCNCC)ccc2c(C(F)(F)F)noc12.CCN=C=O. The van der Waals surface area contributed by atoms with Gasteiger partial charge in [-0.15, -0.1) is 0 Å². The normalized spacial score (nSPS) is 11.1. The number of benzene rings is 2. The Bertz CT molecular complexity index is 1820. The molecule has 0 aliphatic carbocycles. The Morgan fingerprint density at radius 3 is 1.65 bits per heavy atom. The number of ether oxygens (including phenoxy) is 2. The fourth-order valence-corrected chi connectivity index (χ4v) is 5.46. The Morgan fingerprint density at radius 2 is 1.28 bits per heavy atom. The molecule has 4 aromatic rings. The first-order valence-electron chi connectivity index (χ1n) is 18.7. The average Bonchev–Trinajstić information content (AvgIpc) is 3.80. The molecule has 0 fully saturated rings. The fraction of sp³-hybridized carbons (Fsp3) is 0.590. The fourth-order valence-electron chi connectivity index (χ4n) is 5.46. The zero-order valence-electron chi connectivity index (χ0n) is 32.7. The van der Waals surface area contributed by atoms with Crippen LogP contribution in [0, 0.1) is 0 Å². The Hall–Kier alpha value is -4.83. The van der Waals surface area contributed by atoms with E-state index in [1.807, 2.05) is 34.6 Å². The molecule has 0 bridgehead atoms. The third kappa shape index (κ3) is 15.2. The maximum Gasteiger partial charge on any atom is 0.437 e. The van der Waals surface area contributed by atoms with Crippen LogP contribution in [0.15, 0.2) is 38.3 Å². The molecule has 2 amide bonds. The smallest absolute Gasteiger partial charge is 0.437 e. The number of amides is 2. The van der Waals surface area contributed by atoms with Gasteiger partial charge in [0.15, 0.2) is 22.6 Å². The number of isocyanates is 1. The molecule has 4 rings (SSSR count). The second kappa shape index (κ2) is 25.4. The highest BCUT2D eigenvalue weighted by molar-refractivity contribution is 5.86. The van der Waals surface area contributed by atoms with E-state index in [0.717, 1.165) is 32.4 Å². The van der Waals surface area contributed by atoms with Gasteiger partial charge in [0.05, 0.1) is 24.0 Å². The Morgan fingerprint density at radius 1 is 0.789 bits per heavy atom. The molecular formula is C39H56F6N6O6. The number of aryl methyl sites for hydroxylation is 2. The quantitative estimate of drug-likeness (QED) is 0.0434. The lowest BCUT2D eigenvalue weighted by atomic mass is 10.0. The molecule has 2 aromatic heterocycles. The third-order valence-electron chi connectivity index (χ3n) is 7.99. The van der Waals surface area contributed by atoms with E-state index in [2.05, 4.69) is 25.9 Å². The molecule has 0 saturated heterocycles. The Kier molecular flexibility index (Phi) is 22.4. The number of hydrogen-bond donors (Lipinski definition) is 2. The van der Waals surface area contributed by atoms with Gasteiger partial charge in [0.1, 0.15) is 11.5 Å². The summed E-state index contributed by atoms with van der Waals surface area (Å²) in [5.41, 5.74) is -0.487. The van der Waals surface area contributed by atoms with Crippen molar-refractivity contribution in [1.29, 1.82) is 0 Å². The third-order valence-corrected chi connectivity index (χ3v) is 7.99. The number of urea groups is 1. The summed E-state index contributed by atoms with van der Waals surface area (Å²) in [5, 5.41) is 12.3. The van der Waals surface area contributed by atoms with Crippen LogP contribution in [0.1, 0.15) is 97.2 Å². The molecule has 320 valence electrons. The summed E-state index contributed by atoms with van der Waals surface area (Å²) in [6.07, 6.45) is -3.70. The highest BCUT2D eigenvalue weighted by atomic mass is 19.4. The summed E-state index contributed by atoms with van der Waals surface area (Å²) in [7, 11) is 0. The van der Waals surface area contributed by atoms with E-state index in [1.165, 1.54) is 24.3 Å². The second-order valence-corrected chi connectivity index (χ2v) is 12.1. The van der Waals surface area contributed by atoms with E-state index in [-0.39, 0.29) is 35.4 Å². The van der Waals surface area contributed by atoms with Crippen molar-refractivity contribution >= 4 is 34.0 Å². The molecule has 2 aromatic carbocycles. The first-order valence-corrected chi connectivity index (χ1v) is 18.7. The number of aliphatic imine (C=N–C) groups is 1. The number of nitrogens with zero attached hydrogens (tertiary/aromatic N) is 4. The van der Waals surface area contributed by atoms with Crippen LogP contribution in [0.3, 0.4) is 0 Å². The average molecular weight is 819 g/mol. The van der Waals surface area contributed by atoms with Gasteiger partial charge in [-0.25, -0.2) is 14.6 Å². The minimum Gasteiger partial charge on any atom is -0.493 e. The van der Waals surface area contributed by atoms with Crippen LogP contribution < -0.4 is 20.1 Å². The van der Waals surface area contributed by atoms with Crippen molar-refractivity contribution in [2.75, 3.05) is 52.5 Å². The molecule has 18 heteroatoms. The predicted molar refractivity (Wildman–Crippen MR) is 206 cm³/mol. The molecule has 2 N–H and O–H groups in total. The topological polar surface area (TPSA) is 144 Å². The van der Waals surface area contributed by atoms with E-state index < -0.39 is 23.7 Å². The minimum atomic E-state index is -4.57. The highest BCUT2D eigenvalue weighted by Crippen LogP contribution is 2.39. The second-order valence-electron chi connectivity index (χ2n) is 12.1. The van der Waals surface area contributed by atoms with Crippen molar-refractivity contribution in [3.63, 3.8) is 0 Å². The van der Waals surface area contributed by atoms with Crippen LogP contribution in [0.5, 0.6) is 11.5 Å². The zero-order chi connectivity index (χ0) is 41.7. The lowest BCUT2D eigenvalue weighted by Crippen LogP contribution is -2.40. The summed E-state index contributed by atoms with van der Waals surface area (Å²) < 4.78 is 99.5. The van der Waals surface area contributed by atoms with Crippen LogP contribution >= 0.6 is 0 Å². The highest BCUT2D eigenvalue weighted by Gasteiger charge is 2.38. The van der Waals surface area contributed by atoms with Gasteiger partial charge in [0.25, 0.3) is 0 Å². The summed E-state index contributed by atoms with van der Waals surface area (Å²) in [5.74, 6) is 1.06. The maximum absolute atomic E-state index is 13.1. The number of carbonyl (C=O) groups is 1. The lowest BCUT2D eigenvalue weighted by Gasteiger charge is -2.21. The molecule has 0 aliphatic rings. The molecule has 0 atom stereocenters. The molecular weight excluding hydrogens is 762 g/mol. The van der Waals surface area contributed by atoms with E-state index in [1.54, 1.807) is 17.9 Å². The molecule has 57 heavy (non-hydrogen) atoms. The molecule has 0 unspecified atom stereocenters. The summed E-state index contributed by atoms with van der Waals surface area (Å²) in [4.78, 5) is 25.8. The van der Waals surface area contributed by atoms with Gasteiger partial charge >= 0.3 is 18.4 Å². The van der Waals surface area contributed by atoms with Gasteiger partial charge in [-0.2, -0.15) is 26.3 Å². The van der Waals surface area contributed by atoms with Crippen LogP contribution in [0.2, 0.25) is 0 Å². The largest absolute Gasteiger partial charge is 0.493 e. The standard InChI is InChI=1S/C19H26F3N3O3.C16H21F3N2O2.C3H5NO.CH4/c1-4-8-13-15(27-12-7-11-25(6-3)18(26)23-5-2)10-9-14-16(13)28-24-17(14)19(20,21)22;1-3-6-11-13(22-10-5-9-20-4-2)8-7-12-14(11)23-21-15(12)16(17,18)19;1-2-4-3-5;/h9-10H,4-8,11-12H2,1-3H3,(H,23,26);7-8,20H,3-6,9-10H2,1-2H3;2H2,1H3;1H4. The molecule has 12 nitrogen and oxygen atoms in total. The summed E-state index contributed by atoms with van der Waals surface area (Å²) in [6, 6.07) is 5.68. The molecule has 0 radical (unpaired) electrons. The first kappa shape index (κ1) is 50.2. The zero-order valence-corrected chi connectivity index (χ0v) is 32.7. The van der Waals surface area contributed by atoms with Gasteiger partial charge in [0.2, 0.25) is 6.08 Å². The summed E-state index contributed by atoms with van der Waals surface area (Å²) >= 11 is 0. The van der Waals surface area contributed by atoms with Gasteiger partial charge in [-0.05, 0) is 83.8 Å². The number of aromatic nitrogens is 2. The Labute approximate surface area is 329 Å². The van der Waals surface area contributed by atoms with Gasteiger partial charge in [-0.3, -0.25) is 0 Å².